The lowest BCUT2D eigenvalue weighted by molar-refractivity contribution is 0.481. The van der Waals surface area contributed by atoms with Gasteiger partial charge in [-0.15, -0.1) is 0 Å². The number of sulfone groups is 1. The molecule has 0 saturated heterocycles. The van der Waals surface area contributed by atoms with E-state index < -0.39 is 26.4 Å². The second kappa shape index (κ2) is 5.15. The summed E-state index contributed by atoms with van der Waals surface area (Å²) in [4.78, 5) is 0. The van der Waals surface area contributed by atoms with Crippen LogP contribution in [0.15, 0.2) is 18.2 Å². The lowest BCUT2D eigenvalue weighted by Crippen LogP contribution is -2.50. The largest absolute Gasteiger partial charge is 0.326 e. The van der Waals surface area contributed by atoms with Gasteiger partial charge < -0.3 is 5.73 Å². The molecule has 0 saturated carbocycles. The van der Waals surface area contributed by atoms with E-state index in [0.29, 0.717) is 5.56 Å². The average molecular weight is 294 g/mol. The molecule has 6 heteroatoms. The highest BCUT2D eigenvalue weighted by Gasteiger charge is 2.37. The lowest BCUT2D eigenvalue weighted by Gasteiger charge is -2.30. The number of nitrogens with two attached hydrogens (primary N) is 1. The molecule has 0 radical (unpaired) electrons. The number of halogens is 2. The van der Waals surface area contributed by atoms with Crippen LogP contribution in [-0.2, 0) is 16.3 Å². The summed E-state index contributed by atoms with van der Waals surface area (Å²) < 4.78 is 35.5. The molecule has 1 rings (SSSR count). The minimum atomic E-state index is -3.31. The molecule has 2 N–H and O–H groups in total. The lowest BCUT2D eigenvalue weighted by atomic mass is 9.96. The molecule has 3 nitrogen and oxygen atoms in total. The number of hydrogen-bond donors (Lipinski definition) is 1. The minimum Gasteiger partial charge on any atom is -0.326 e. The van der Waals surface area contributed by atoms with Crippen molar-refractivity contribution in [2.24, 2.45) is 5.73 Å². The summed E-state index contributed by atoms with van der Waals surface area (Å²) in [5.74, 6) is -0.529. The maximum absolute atomic E-state index is 13.3. The van der Waals surface area contributed by atoms with Crippen LogP contribution in [0.1, 0.15) is 19.4 Å². The van der Waals surface area contributed by atoms with E-state index in [2.05, 4.69) is 0 Å². The third kappa shape index (κ3) is 3.02. The fraction of sp³-hybridized carbons (Fsp3) is 0.500. The quantitative estimate of drug-likeness (QED) is 0.925. The summed E-state index contributed by atoms with van der Waals surface area (Å²) >= 11 is 5.82. The third-order valence-electron chi connectivity index (χ3n) is 3.32. The summed E-state index contributed by atoms with van der Waals surface area (Å²) in [5.41, 5.74) is 6.44. The first-order valence-electron chi connectivity index (χ1n) is 5.45. The van der Waals surface area contributed by atoms with E-state index in [1.807, 2.05) is 0 Å². The molecule has 0 aliphatic carbocycles. The van der Waals surface area contributed by atoms with Gasteiger partial charge in [-0.2, -0.15) is 0 Å². The van der Waals surface area contributed by atoms with Gasteiger partial charge >= 0.3 is 0 Å². The van der Waals surface area contributed by atoms with Gasteiger partial charge in [0.2, 0.25) is 0 Å². The molecule has 0 spiro atoms. The van der Waals surface area contributed by atoms with Crippen molar-refractivity contribution in [2.75, 3.05) is 6.26 Å². The molecule has 1 aromatic rings. The Bertz CT molecular complexity index is 543. The fourth-order valence-corrected chi connectivity index (χ4v) is 2.30. The van der Waals surface area contributed by atoms with Gasteiger partial charge in [0.1, 0.15) is 5.82 Å². The molecule has 0 bridgehead atoms. The Morgan fingerprint density at radius 3 is 2.50 bits per heavy atom. The molecule has 0 heterocycles. The number of rotatable bonds is 4. The van der Waals surface area contributed by atoms with Crippen LogP contribution in [0.5, 0.6) is 0 Å². The Hall–Kier alpha value is -0.650. The molecule has 1 unspecified atom stereocenters. The highest BCUT2D eigenvalue weighted by Crippen LogP contribution is 2.26. The first-order chi connectivity index (χ1) is 8.07. The molecular weight excluding hydrogens is 277 g/mol. The van der Waals surface area contributed by atoms with Gasteiger partial charge in [0.05, 0.1) is 9.77 Å². The summed E-state index contributed by atoms with van der Waals surface area (Å²) in [7, 11) is -3.31. The maximum Gasteiger partial charge on any atom is 0.154 e. The molecule has 1 atom stereocenters. The molecular formula is C12H17ClFNO2S. The highest BCUT2D eigenvalue weighted by atomic mass is 35.5. The van der Waals surface area contributed by atoms with Crippen LogP contribution >= 0.6 is 11.6 Å². The highest BCUT2D eigenvalue weighted by molar-refractivity contribution is 7.92. The summed E-state index contributed by atoms with van der Waals surface area (Å²) in [6.45, 7) is 3.11. The van der Waals surface area contributed by atoms with E-state index in [9.17, 15) is 12.8 Å². The average Bonchev–Trinajstić information content (AvgIpc) is 2.23. The van der Waals surface area contributed by atoms with Gasteiger partial charge in [0, 0.05) is 12.3 Å². The van der Waals surface area contributed by atoms with Crippen LogP contribution in [-0.4, -0.2) is 25.5 Å². The number of hydrogen-bond acceptors (Lipinski definition) is 3. The minimum absolute atomic E-state index is 0.00255. The van der Waals surface area contributed by atoms with E-state index >= 15 is 0 Å². The first-order valence-corrected chi connectivity index (χ1v) is 7.72. The third-order valence-corrected chi connectivity index (χ3v) is 5.96. The molecule has 0 amide bonds. The standard InChI is InChI=1S/C12H17ClFNO2S/c1-12(2,18(3,16)17)10(15)7-8-5-4-6-9(14)11(8)13/h4-6,10H,7,15H2,1-3H3. The molecule has 0 aromatic heterocycles. The van der Waals surface area contributed by atoms with Crippen LogP contribution in [0.25, 0.3) is 0 Å². The van der Waals surface area contributed by atoms with E-state index in [1.165, 1.54) is 12.1 Å². The Morgan fingerprint density at radius 1 is 1.44 bits per heavy atom. The van der Waals surface area contributed by atoms with Crippen LogP contribution in [0.3, 0.4) is 0 Å². The topological polar surface area (TPSA) is 60.2 Å². The molecule has 18 heavy (non-hydrogen) atoms. The second-order valence-corrected chi connectivity index (χ2v) is 7.87. The van der Waals surface area contributed by atoms with Gasteiger partial charge in [-0.1, -0.05) is 23.7 Å². The zero-order valence-corrected chi connectivity index (χ0v) is 12.1. The van der Waals surface area contributed by atoms with Crippen molar-refractivity contribution < 1.29 is 12.8 Å². The van der Waals surface area contributed by atoms with Crippen LogP contribution in [0, 0.1) is 5.82 Å². The van der Waals surface area contributed by atoms with E-state index in [-0.39, 0.29) is 11.4 Å². The molecule has 102 valence electrons. The van der Waals surface area contributed by atoms with Gasteiger partial charge in [0.15, 0.2) is 9.84 Å². The van der Waals surface area contributed by atoms with Crippen molar-refractivity contribution >= 4 is 21.4 Å². The van der Waals surface area contributed by atoms with Gasteiger partial charge in [-0.05, 0) is 31.9 Å². The van der Waals surface area contributed by atoms with Crippen molar-refractivity contribution in [3.63, 3.8) is 0 Å². The summed E-state index contributed by atoms with van der Waals surface area (Å²) in [6, 6.07) is 3.76. The van der Waals surface area contributed by atoms with E-state index in [4.69, 9.17) is 17.3 Å². The molecule has 0 aliphatic rings. The first kappa shape index (κ1) is 15.4. The van der Waals surface area contributed by atoms with Crippen molar-refractivity contribution in [1.82, 2.24) is 0 Å². The molecule has 0 aliphatic heterocycles. The maximum atomic E-state index is 13.3. The SMILES string of the molecule is CC(C)(C(N)Cc1cccc(F)c1Cl)S(C)(=O)=O. The number of benzene rings is 1. The predicted octanol–water partition coefficient (Wildman–Crippen LogP) is 2.17. The van der Waals surface area contributed by atoms with Crippen LogP contribution < -0.4 is 5.73 Å². The molecule has 1 aromatic carbocycles. The van der Waals surface area contributed by atoms with Gasteiger partial charge in [0.25, 0.3) is 0 Å². The van der Waals surface area contributed by atoms with Crippen LogP contribution in [0.2, 0.25) is 5.02 Å². The zero-order valence-electron chi connectivity index (χ0n) is 10.6. The Labute approximate surface area is 112 Å². The summed E-state index contributed by atoms with van der Waals surface area (Å²) in [6.07, 6.45) is 1.34. The van der Waals surface area contributed by atoms with E-state index in [0.717, 1.165) is 6.26 Å². The fourth-order valence-electron chi connectivity index (χ4n) is 1.46. The predicted molar refractivity (Wildman–Crippen MR) is 72.0 cm³/mol. The van der Waals surface area contributed by atoms with E-state index in [1.54, 1.807) is 19.9 Å². The second-order valence-electron chi connectivity index (χ2n) is 4.90. The van der Waals surface area contributed by atoms with Gasteiger partial charge in [-0.3, -0.25) is 0 Å². The van der Waals surface area contributed by atoms with Crippen molar-refractivity contribution in [3.8, 4) is 0 Å². The monoisotopic (exact) mass is 293 g/mol. The van der Waals surface area contributed by atoms with Crippen molar-refractivity contribution in [1.29, 1.82) is 0 Å². The smallest absolute Gasteiger partial charge is 0.154 e. The normalized spacial score (nSPS) is 14.6. The van der Waals surface area contributed by atoms with Gasteiger partial charge in [-0.25, -0.2) is 12.8 Å². The zero-order chi connectivity index (χ0) is 14.1. The Morgan fingerprint density at radius 2 is 2.00 bits per heavy atom. The van der Waals surface area contributed by atoms with Crippen molar-refractivity contribution in [3.05, 3.63) is 34.6 Å². The van der Waals surface area contributed by atoms with Crippen molar-refractivity contribution in [2.45, 2.75) is 31.1 Å². The Balaban J connectivity index is 3.02. The summed E-state index contributed by atoms with van der Waals surface area (Å²) in [5, 5.41) is -0.00255. The molecule has 0 fully saturated rings. The Kier molecular flexibility index (Phi) is 4.41. The van der Waals surface area contributed by atoms with Crippen LogP contribution in [0.4, 0.5) is 4.39 Å².